The molecular weight excluding hydrogens is 258 g/mol. The Labute approximate surface area is 124 Å². The number of aryl methyl sites for hydroxylation is 1. The van der Waals surface area contributed by atoms with Gasteiger partial charge >= 0.3 is 0 Å². The molecule has 104 valence electrons. The maximum absolute atomic E-state index is 12.1. The summed E-state index contributed by atoms with van der Waals surface area (Å²) < 4.78 is 2.07. The SMILES string of the molecule is Cn1cc(CC(=O)/C=C/c2ccccc2)c2ccccc21. The average molecular weight is 275 g/mol. The molecule has 0 aliphatic heterocycles. The lowest BCUT2D eigenvalue weighted by atomic mass is 10.1. The predicted octanol–water partition coefficient (Wildman–Crippen LogP) is 4.00. The van der Waals surface area contributed by atoms with Gasteiger partial charge in [-0.25, -0.2) is 0 Å². The molecule has 0 saturated heterocycles. The first-order chi connectivity index (χ1) is 10.2. The number of hydrogen-bond donors (Lipinski definition) is 0. The fourth-order valence-corrected chi connectivity index (χ4v) is 2.57. The zero-order valence-electron chi connectivity index (χ0n) is 12.0. The molecule has 1 heterocycles. The van der Waals surface area contributed by atoms with Crippen LogP contribution in [-0.4, -0.2) is 10.4 Å². The Morgan fingerprint density at radius 1 is 1.05 bits per heavy atom. The molecule has 0 bridgehead atoms. The standard InChI is InChI=1S/C19H17NO/c1-20-14-16(18-9-5-6-10-19(18)20)13-17(21)12-11-15-7-3-2-4-8-15/h2-12,14H,13H2,1H3/b12-11+. The minimum absolute atomic E-state index is 0.121. The van der Waals surface area contributed by atoms with Crippen molar-refractivity contribution in [3.63, 3.8) is 0 Å². The third-order valence-electron chi connectivity index (χ3n) is 3.61. The molecule has 2 aromatic carbocycles. The first-order valence-electron chi connectivity index (χ1n) is 7.03. The fraction of sp³-hybridized carbons (Fsp3) is 0.105. The Balaban J connectivity index is 1.79. The summed E-state index contributed by atoms with van der Waals surface area (Å²) in [5.41, 5.74) is 3.28. The lowest BCUT2D eigenvalue weighted by molar-refractivity contribution is -0.113. The normalized spacial score (nSPS) is 11.3. The van der Waals surface area contributed by atoms with Gasteiger partial charge in [0.1, 0.15) is 0 Å². The van der Waals surface area contributed by atoms with Gasteiger partial charge in [-0.3, -0.25) is 4.79 Å². The van der Waals surface area contributed by atoms with Gasteiger partial charge in [0.25, 0.3) is 0 Å². The van der Waals surface area contributed by atoms with Gasteiger partial charge in [-0.05, 0) is 23.3 Å². The third kappa shape index (κ3) is 2.95. The van der Waals surface area contributed by atoms with Crippen LogP contribution in [0.3, 0.4) is 0 Å². The van der Waals surface area contributed by atoms with Gasteiger partial charge in [-0.15, -0.1) is 0 Å². The van der Waals surface area contributed by atoms with Gasteiger partial charge in [0.2, 0.25) is 0 Å². The lowest BCUT2D eigenvalue weighted by Gasteiger charge is -1.96. The second-order valence-corrected chi connectivity index (χ2v) is 5.17. The predicted molar refractivity (Wildman–Crippen MR) is 87.1 cm³/mol. The van der Waals surface area contributed by atoms with Crippen molar-refractivity contribution in [1.82, 2.24) is 4.57 Å². The highest BCUT2D eigenvalue weighted by Crippen LogP contribution is 2.21. The number of benzene rings is 2. The van der Waals surface area contributed by atoms with E-state index in [1.54, 1.807) is 6.08 Å². The van der Waals surface area contributed by atoms with Crippen molar-refractivity contribution in [1.29, 1.82) is 0 Å². The van der Waals surface area contributed by atoms with Crippen LogP contribution in [0.25, 0.3) is 17.0 Å². The molecule has 1 aromatic heterocycles. The van der Waals surface area contributed by atoms with Crippen molar-refractivity contribution < 1.29 is 4.79 Å². The van der Waals surface area contributed by atoms with Crippen LogP contribution in [0.1, 0.15) is 11.1 Å². The summed E-state index contributed by atoms with van der Waals surface area (Å²) >= 11 is 0. The molecule has 2 heteroatoms. The van der Waals surface area contributed by atoms with Gasteiger partial charge in [0.15, 0.2) is 5.78 Å². The summed E-state index contributed by atoms with van der Waals surface area (Å²) in [6.45, 7) is 0. The number of carbonyl (C=O) groups excluding carboxylic acids is 1. The summed E-state index contributed by atoms with van der Waals surface area (Å²) in [6, 6.07) is 18.0. The molecule has 21 heavy (non-hydrogen) atoms. The Kier molecular flexibility index (Phi) is 3.69. The number of para-hydroxylation sites is 1. The van der Waals surface area contributed by atoms with Crippen molar-refractivity contribution in [2.45, 2.75) is 6.42 Å². The van der Waals surface area contributed by atoms with Gasteiger partial charge in [0, 0.05) is 30.6 Å². The van der Waals surface area contributed by atoms with Gasteiger partial charge in [0.05, 0.1) is 0 Å². The molecule has 0 radical (unpaired) electrons. The Morgan fingerprint density at radius 3 is 2.57 bits per heavy atom. The van der Waals surface area contributed by atoms with Crippen LogP contribution >= 0.6 is 0 Å². The van der Waals surface area contributed by atoms with E-state index in [0.717, 1.165) is 22.0 Å². The molecule has 2 nitrogen and oxygen atoms in total. The van der Waals surface area contributed by atoms with Crippen LogP contribution in [0.5, 0.6) is 0 Å². The van der Waals surface area contributed by atoms with E-state index in [-0.39, 0.29) is 5.78 Å². The van der Waals surface area contributed by atoms with E-state index in [4.69, 9.17) is 0 Å². The first kappa shape index (κ1) is 13.4. The highest BCUT2D eigenvalue weighted by atomic mass is 16.1. The van der Waals surface area contributed by atoms with Crippen LogP contribution < -0.4 is 0 Å². The summed E-state index contributed by atoms with van der Waals surface area (Å²) in [6.07, 6.45) is 6.01. The molecule has 0 aliphatic rings. The molecule has 0 amide bonds. The molecule has 0 fully saturated rings. The molecule has 0 N–H and O–H groups in total. The molecule has 0 spiro atoms. The minimum Gasteiger partial charge on any atom is -0.350 e. The number of allylic oxidation sites excluding steroid dienone is 1. The van der Waals surface area contributed by atoms with E-state index in [9.17, 15) is 4.79 Å². The van der Waals surface area contributed by atoms with Gasteiger partial charge in [-0.1, -0.05) is 54.6 Å². The van der Waals surface area contributed by atoms with Crippen LogP contribution in [0, 0.1) is 0 Å². The van der Waals surface area contributed by atoms with E-state index < -0.39 is 0 Å². The summed E-state index contributed by atoms with van der Waals surface area (Å²) in [4.78, 5) is 12.1. The number of ketones is 1. The van der Waals surface area contributed by atoms with Crippen molar-refractivity contribution in [3.8, 4) is 0 Å². The van der Waals surface area contributed by atoms with Crippen LogP contribution in [-0.2, 0) is 18.3 Å². The van der Waals surface area contributed by atoms with Crippen molar-refractivity contribution in [3.05, 3.63) is 78.0 Å². The zero-order valence-corrected chi connectivity index (χ0v) is 12.0. The number of carbonyl (C=O) groups is 1. The first-order valence-corrected chi connectivity index (χ1v) is 7.03. The molecule has 0 saturated carbocycles. The number of nitrogens with zero attached hydrogens (tertiary/aromatic N) is 1. The maximum atomic E-state index is 12.1. The van der Waals surface area contributed by atoms with Gasteiger partial charge < -0.3 is 4.57 Å². The van der Waals surface area contributed by atoms with E-state index >= 15 is 0 Å². The molecule has 0 aliphatic carbocycles. The monoisotopic (exact) mass is 275 g/mol. The fourth-order valence-electron chi connectivity index (χ4n) is 2.57. The van der Waals surface area contributed by atoms with Crippen molar-refractivity contribution in [2.75, 3.05) is 0 Å². The minimum atomic E-state index is 0.121. The number of hydrogen-bond acceptors (Lipinski definition) is 1. The quantitative estimate of drug-likeness (QED) is 0.660. The molecular formula is C19H17NO. The molecule has 0 unspecified atom stereocenters. The lowest BCUT2D eigenvalue weighted by Crippen LogP contribution is -1.97. The molecule has 3 aromatic rings. The van der Waals surface area contributed by atoms with Crippen molar-refractivity contribution in [2.24, 2.45) is 7.05 Å². The number of fused-ring (bicyclic) bond motifs is 1. The van der Waals surface area contributed by atoms with E-state index in [2.05, 4.69) is 16.7 Å². The van der Waals surface area contributed by atoms with E-state index in [1.165, 1.54) is 0 Å². The van der Waals surface area contributed by atoms with E-state index in [0.29, 0.717) is 6.42 Å². The summed E-state index contributed by atoms with van der Waals surface area (Å²) in [7, 11) is 2.01. The average Bonchev–Trinajstić information content (AvgIpc) is 2.83. The number of rotatable bonds is 4. The largest absolute Gasteiger partial charge is 0.350 e. The van der Waals surface area contributed by atoms with Crippen LogP contribution in [0.2, 0.25) is 0 Å². The second kappa shape index (κ2) is 5.80. The summed E-state index contributed by atoms with van der Waals surface area (Å²) in [5, 5.41) is 1.15. The smallest absolute Gasteiger partial charge is 0.160 e. The van der Waals surface area contributed by atoms with Crippen LogP contribution in [0.15, 0.2) is 66.9 Å². The molecule has 0 atom stereocenters. The van der Waals surface area contributed by atoms with Crippen molar-refractivity contribution >= 4 is 22.8 Å². The third-order valence-corrected chi connectivity index (χ3v) is 3.61. The summed E-state index contributed by atoms with van der Waals surface area (Å²) in [5.74, 6) is 0.121. The Hall–Kier alpha value is -2.61. The zero-order chi connectivity index (χ0) is 14.7. The molecule has 3 rings (SSSR count). The number of aromatic nitrogens is 1. The highest BCUT2D eigenvalue weighted by Gasteiger charge is 2.08. The van der Waals surface area contributed by atoms with Gasteiger partial charge in [-0.2, -0.15) is 0 Å². The van der Waals surface area contributed by atoms with E-state index in [1.807, 2.05) is 61.8 Å². The second-order valence-electron chi connectivity index (χ2n) is 5.17. The highest BCUT2D eigenvalue weighted by molar-refractivity contribution is 5.98. The Morgan fingerprint density at radius 2 is 1.76 bits per heavy atom. The Bertz CT molecular complexity index is 797. The maximum Gasteiger partial charge on any atom is 0.160 e. The topological polar surface area (TPSA) is 22.0 Å². The van der Waals surface area contributed by atoms with Crippen LogP contribution in [0.4, 0.5) is 0 Å².